The first-order valence-corrected chi connectivity index (χ1v) is 8.80. The van der Waals surface area contributed by atoms with Crippen molar-refractivity contribution in [1.29, 1.82) is 0 Å². The largest absolute Gasteiger partial charge is 0.327 e. The van der Waals surface area contributed by atoms with Crippen LogP contribution < -0.4 is 5.73 Å². The molecule has 1 aliphatic rings. The lowest BCUT2D eigenvalue weighted by molar-refractivity contribution is 0.112. The number of nitrogens with two attached hydrogens (primary N) is 1. The Bertz CT molecular complexity index is 365. The van der Waals surface area contributed by atoms with E-state index in [1.165, 1.54) is 19.1 Å². The Morgan fingerprint density at radius 2 is 2.00 bits per heavy atom. The number of rotatable bonds is 5. The van der Waals surface area contributed by atoms with Crippen LogP contribution in [0.25, 0.3) is 0 Å². The highest BCUT2D eigenvalue weighted by molar-refractivity contribution is 7.90. The Kier molecular flexibility index (Phi) is 5.21. The molecule has 5 heteroatoms. The van der Waals surface area contributed by atoms with E-state index in [1.54, 1.807) is 0 Å². The van der Waals surface area contributed by atoms with E-state index in [0.717, 1.165) is 13.0 Å². The van der Waals surface area contributed by atoms with Crippen LogP contribution in [0.5, 0.6) is 0 Å². The van der Waals surface area contributed by atoms with E-state index in [1.807, 2.05) is 7.05 Å². The molecule has 18 heavy (non-hydrogen) atoms. The van der Waals surface area contributed by atoms with E-state index in [2.05, 4.69) is 18.7 Å². The van der Waals surface area contributed by atoms with Gasteiger partial charge in [0, 0.05) is 25.4 Å². The van der Waals surface area contributed by atoms with Crippen LogP contribution in [0.15, 0.2) is 0 Å². The van der Waals surface area contributed by atoms with Gasteiger partial charge in [-0.1, -0.05) is 20.3 Å². The third-order valence-corrected chi connectivity index (χ3v) is 5.12. The van der Waals surface area contributed by atoms with E-state index in [-0.39, 0.29) is 17.2 Å². The summed E-state index contributed by atoms with van der Waals surface area (Å²) in [7, 11) is -0.884. The maximum absolute atomic E-state index is 11.1. The zero-order valence-electron chi connectivity index (χ0n) is 12.1. The Hall–Kier alpha value is -0.130. The monoisotopic (exact) mass is 276 g/mol. The van der Waals surface area contributed by atoms with Crippen LogP contribution in [-0.4, -0.2) is 51.5 Å². The molecule has 2 atom stereocenters. The molecule has 0 amide bonds. The molecule has 4 nitrogen and oxygen atoms in total. The first kappa shape index (κ1) is 15.9. The number of sulfone groups is 1. The van der Waals surface area contributed by atoms with Gasteiger partial charge in [-0.15, -0.1) is 0 Å². The van der Waals surface area contributed by atoms with Gasteiger partial charge in [-0.05, 0) is 31.2 Å². The summed E-state index contributed by atoms with van der Waals surface area (Å²) < 4.78 is 22.3. The highest BCUT2D eigenvalue weighted by Gasteiger charge is 2.36. The lowest BCUT2D eigenvalue weighted by Crippen LogP contribution is -2.50. The number of hydrogen-bond donors (Lipinski definition) is 1. The molecular weight excluding hydrogens is 248 g/mol. The Morgan fingerprint density at radius 1 is 1.39 bits per heavy atom. The second-order valence-electron chi connectivity index (χ2n) is 6.56. The fourth-order valence-corrected chi connectivity index (χ4v) is 3.47. The normalized spacial score (nSPS) is 28.6. The Morgan fingerprint density at radius 3 is 2.56 bits per heavy atom. The van der Waals surface area contributed by atoms with Gasteiger partial charge < -0.3 is 10.6 Å². The molecule has 0 aliphatic heterocycles. The van der Waals surface area contributed by atoms with Gasteiger partial charge in [0.05, 0.1) is 5.75 Å². The third-order valence-electron chi connectivity index (χ3n) is 4.20. The van der Waals surface area contributed by atoms with E-state index in [0.29, 0.717) is 12.5 Å². The molecule has 2 unspecified atom stereocenters. The zero-order chi connectivity index (χ0) is 14.0. The summed E-state index contributed by atoms with van der Waals surface area (Å²) in [6, 6.07) is 0.215. The second kappa shape index (κ2) is 5.88. The van der Waals surface area contributed by atoms with E-state index in [4.69, 9.17) is 5.73 Å². The van der Waals surface area contributed by atoms with Gasteiger partial charge in [0.15, 0.2) is 0 Å². The van der Waals surface area contributed by atoms with Crippen molar-refractivity contribution in [3.8, 4) is 0 Å². The molecule has 2 N–H and O–H groups in total. The van der Waals surface area contributed by atoms with E-state index >= 15 is 0 Å². The van der Waals surface area contributed by atoms with Crippen molar-refractivity contribution in [2.75, 3.05) is 32.1 Å². The van der Waals surface area contributed by atoms with Crippen LogP contribution in [0.3, 0.4) is 0 Å². The van der Waals surface area contributed by atoms with Crippen LogP contribution in [-0.2, 0) is 9.84 Å². The predicted octanol–water partition coefficient (Wildman–Crippen LogP) is 1.12. The van der Waals surface area contributed by atoms with Crippen molar-refractivity contribution < 1.29 is 8.42 Å². The minimum absolute atomic E-state index is 0.209. The minimum atomic E-state index is -2.87. The van der Waals surface area contributed by atoms with Crippen LogP contribution in [0.4, 0.5) is 0 Å². The Labute approximate surface area is 112 Å². The quantitative estimate of drug-likeness (QED) is 0.817. The van der Waals surface area contributed by atoms with Crippen molar-refractivity contribution in [3.05, 3.63) is 0 Å². The van der Waals surface area contributed by atoms with Crippen LogP contribution in [0, 0.1) is 11.3 Å². The number of hydrogen-bond acceptors (Lipinski definition) is 4. The highest BCUT2D eigenvalue weighted by Crippen LogP contribution is 2.37. The predicted molar refractivity (Wildman–Crippen MR) is 76.3 cm³/mol. The standard InChI is InChI=1S/C13H28N2O2S/c1-13(2)7-5-6-11(12(13)14)10-15(3)8-9-18(4,16)17/h11-12H,5-10,14H2,1-4H3. The van der Waals surface area contributed by atoms with Crippen molar-refractivity contribution in [2.45, 2.75) is 39.2 Å². The van der Waals surface area contributed by atoms with Gasteiger partial charge in [-0.25, -0.2) is 8.42 Å². The second-order valence-corrected chi connectivity index (χ2v) is 8.82. The van der Waals surface area contributed by atoms with Crippen LogP contribution in [0.1, 0.15) is 33.1 Å². The maximum atomic E-state index is 11.1. The average molecular weight is 276 g/mol. The molecule has 1 rings (SSSR count). The van der Waals surface area contributed by atoms with Crippen molar-refractivity contribution in [3.63, 3.8) is 0 Å². The zero-order valence-corrected chi connectivity index (χ0v) is 13.0. The molecular formula is C13H28N2O2S. The van der Waals surface area contributed by atoms with E-state index in [9.17, 15) is 8.42 Å². The number of nitrogens with zero attached hydrogens (tertiary/aromatic N) is 1. The average Bonchev–Trinajstić information content (AvgIpc) is 2.21. The van der Waals surface area contributed by atoms with Gasteiger partial charge in [0.1, 0.15) is 9.84 Å². The fraction of sp³-hybridized carbons (Fsp3) is 1.00. The van der Waals surface area contributed by atoms with Gasteiger partial charge in [-0.3, -0.25) is 0 Å². The smallest absolute Gasteiger partial charge is 0.148 e. The van der Waals surface area contributed by atoms with Gasteiger partial charge in [-0.2, -0.15) is 0 Å². The summed E-state index contributed by atoms with van der Waals surface area (Å²) in [6.45, 7) is 5.98. The summed E-state index contributed by atoms with van der Waals surface area (Å²) in [5.41, 5.74) is 6.55. The molecule has 0 bridgehead atoms. The van der Waals surface area contributed by atoms with Gasteiger partial charge in [0.25, 0.3) is 0 Å². The van der Waals surface area contributed by atoms with Crippen LogP contribution in [0.2, 0.25) is 0 Å². The lowest BCUT2D eigenvalue weighted by Gasteiger charge is -2.43. The molecule has 0 aromatic heterocycles. The summed E-state index contributed by atoms with van der Waals surface area (Å²) in [5, 5.41) is 0. The molecule has 108 valence electrons. The molecule has 0 spiro atoms. The molecule has 1 saturated carbocycles. The molecule has 0 saturated heterocycles. The molecule has 0 aromatic carbocycles. The maximum Gasteiger partial charge on any atom is 0.148 e. The summed E-state index contributed by atoms with van der Waals surface area (Å²) >= 11 is 0. The van der Waals surface area contributed by atoms with Crippen molar-refractivity contribution in [1.82, 2.24) is 4.90 Å². The summed E-state index contributed by atoms with van der Waals surface area (Å²) in [4.78, 5) is 2.10. The Balaban J connectivity index is 2.46. The van der Waals surface area contributed by atoms with Crippen molar-refractivity contribution in [2.24, 2.45) is 17.1 Å². The molecule has 0 aromatic rings. The summed E-state index contributed by atoms with van der Waals surface area (Å²) in [5.74, 6) is 0.716. The van der Waals surface area contributed by atoms with Crippen molar-refractivity contribution >= 4 is 9.84 Å². The first-order chi connectivity index (χ1) is 8.12. The molecule has 1 aliphatic carbocycles. The molecule has 0 radical (unpaired) electrons. The highest BCUT2D eigenvalue weighted by atomic mass is 32.2. The molecule has 0 heterocycles. The van der Waals surface area contributed by atoms with Gasteiger partial charge >= 0.3 is 0 Å². The minimum Gasteiger partial charge on any atom is -0.327 e. The van der Waals surface area contributed by atoms with Gasteiger partial charge in [0.2, 0.25) is 0 Å². The fourth-order valence-electron chi connectivity index (χ4n) is 2.82. The SMILES string of the molecule is CN(CCS(C)(=O)=O)CC1CCCC(C)(C)C1N. The first-order valence-electron chi connectivity index (χ1n) is 6.74. The summed E-state index contributed by atoms with van der Waals surface area (Å²) in [6.07, 6.45) is 4.87. The van der Waals surface area contributed by atoms with Crippen LogP contribution >= 0.6 is 0 Å². The third kappa shape index (κ3) is 4.86. The lowest BCUT2D eigenvalue weighted by atomic mass is 9.68. The molecule has 1 fully saturated rings. The topological polar surface area (TPSA) is 63.4 Å². The van der Waals surface area contributed by atoms with E-state index < -0.39 is 9.84 Å².